The van der Waals surface area contributed by atoms with E-state index in [1.165, 1.54) is 186 Å². The molecule has 392 valence electrons. The highest BCUT2D eigenvalue weighted by molar-refractivity contribution is 5.71. The van der Waals surface area contributed by atoms with Crippen LogP contribution in [0.3, 0.4) is 0 Å². The van der Waals surface area contributed by atoms with Crippen LogP contribution in [0.1, 0.15) is 316 Å². The van der Waals surface area contributed by atoms with E-state index in [2.05, 4.69) is 57.2 Å². The summed E-state index contributed by atoms with van der Waals surface area (Å²) in [5, 5.41) is 0. The van der Waals surface area contributed by atoms with E-state index in [-0.39, 0.29) is 31.1 Å². The number of rotatable bonds is 54. The largest absolute Gasteiger partial charge is 0.462 e. The maximum Gasteiger partial charge on any atom is 0.306 e. The van der Waals surface area contributed by atoms with Crippen molar-refractivity contribution < 1.29 is 28.6 Å². The number of allylic oxidation sites excluding steroid dienone is 6. The molecule has 0 saturated heterocycles. The van der Waals surface area contributed by atoms with Crippen molar-refractivity contribution in [2.45, 2.75) is 322 Å². The van der Waals surface area contributed by atoms with Crippen LogP contribution in [0.25, 0.3) is 0 Å². The molecular formula is C61H112O6. The van der Waals surface area contributed by atoms with Crippen molar-refractivity contribution in [1.29, 1.82) is 0 Å². The Morgan fingerprint density at radius 2 is 0.552 bits per heavy atom. The number of hydrogen-bond acceptors (Lipinski definition) is 6. The molecule has 6 heteroatoms. The summed E-state index contributed by atoms with van der Waals surface area (Å²) in [6.07, 6.45) is 67.2. The smallest absolute Gasteiger partial charge is 0.306 e. The number of carbonyl (C=O) groups is 3. The van der Waals surface area contributed by atoms with E-state index < -0.39 is 6.10 Å². The Morgan fingerprint density at radius 1 is 0.299 bits per heavy atom. The molecule has 0 amide bonds. The molecule has 0 fully saturated rings. The van der Waals surface area contributed by atoms with Crippen molar-refractivity contribution in [3.8, 4) is 0 Å². The molecule has 0 rings (SSSR count). The van der Waals surface area contributed by atoms with Crippen molar-refractivity contribution in [2.75, 3.05) is 13.2 Å². The molecule has 0 N–H and O–H groups in total. The number of hydrogen-bond donors (Lipinski definition) is 0. The van der Waals surface area contributed by atoms with Crippen LogP contribution < -0.4 is 0 Å². The van der Waals surface area contributed by atoms with Crippen LogP contribution in [0.5, 0.6) is 0 Å². The molecule has 1 unspecified atom stereocenters. The van der Waals surface area contributed by atoms with Gasteiger partial charge in [0.05, 0.1) is 0 Å². The monoisotopic (exact) mass is 941 g/mol. The number of ether oxygens (including phenoxy) is 3. The molecule has 1 atom stereocenters. The van der Waals surface area contributed by atoms with Gasteiger partial charge in [0.15, 0.2) is 6.10 Å². The Kier molecular flexibility index (Phi) is 54.2. The maximum atomic E-state index is 12.8. The fourth-order valence-electron chi connectivity index (χ4n) is 8.62. The third kappa shape index (κ3) is 54.4. The molecule has 0 radical (unpaired) electrons. The zero-order valence-corrected chi connectivity index (χ0v) is 44.9. The Bertz CT molecular complexity index is 1130. The van der Waals surface area contributed by atoms with Gasteiger partial charge in [-0.25, -0.2) is 0 Å². The lowest BCUT2D eigenvalue weighted by Gasteiger charge is -2.18. The second-order valence-electron chi connectivity index (χ2n) is 19.9. The molecule has 0 aromatic heterocycles. The van der Waals surface area contributed by atoms with Crippen molar-refractivity contribution in [2.24, 2.45) is 0 Å². The van der Waals surface area contributed by atoms with E-state index >= 15 is 0 Å². The van der Waals surface area contributed by atoms with Crippen molar-refractivity contribution in [1.82, 2.24) is 0 Å². The summed E-state index contributed by atoms with van der Waals surface area (Å²) in [4.78, 5) is 38.1. The second-order valence-corrected chi connectivity index (χ2v) is 19.9. The van der Waals surface area contributed by atoms with E-state index in [0.717, 1.165) is 89.9 Å². The first-order valence-corrected chi connectivity index (χ1v) is 29.5. The second kappa shape index (κ2) is 56.2. The SMILES string of the molecule is CCCC/C=C\C/C=C\CCCCCCCC(=O)OC(COC(=O)CCCCCCC/C=C\CCCC)COC(=O)CCCCCCCCCCCCCCCCCCCCCCCCCC. The summed E-state index contributed by atoms with van der Waals surface area (Å²) in [7, 11) is 0. The van der Waals surface area contributed by atoms with Gasteiger partial charge in [-0.3, -0.25) is 14.4 Å². The van der Waals surface area contributed by atoms with Gasteiger partial charge in [0, 0.05) is 19.3 Å². The molecule has 6 nitrogen and oxygen atoms in total. The molecule has 0 aliphatic rings. The van der Waals surface area contributed by atoms with Gasteiger partial charge < -0.3 is 14.2 Å². The molecule has 0 aliphatic carbocycles. The first-order chi connectivity index (χ1) is 33.0. The van der Waals surface area contributed by atoms with Gasteiger partial charge in [-0.1, -0.05) is 269 Å². The Hall–Kier alpha value is -2.37. The normalized spacial score (nSPS) is 12.2. The highest BCUT2D eigenvalue weighted by atomic mass is 16.6. The average Bonchev–Trinajstić information content (AvgIpc) is 3.33. The standard InChI is InChI=1S/C61H112O6/c1-4-7-10-13-16-19-22-24-26-27-28-29-30-31-32-33-34-35-37-39-42-45-48-51-54-60(63)66-57-58(56-65-59(62)53-50-47-44-41-38-21-18-15-12-9-6-3)67-61(64)55-52-49-46-43-40-36-25-23-20-17-14-11-8-5-2/h14-15,17-18,23,25,58H,4-13,16,19-22,24,26-57H2,1-3H3/b17-14-,18-15-,25-23-. The molecule has 0 saturated carbocycles. The minimum absolute atomic E-state index is 0.0772. The van der Waals surface area contributed by atoms with E-state index in [0.29, 0.717) is 19.3 Å². The summed E-state index contributed by atoms with van der Waals surface area (Å²) < 4.78 is 16.8. The molecular weight excluding hydrogens is 829 g/mol. The van der Waals surface area contributed by atoms with Gasteiger partial charge in [-0.15, -0.1) is 0 Å². The topological polar surface area (TPSA) is 78.9 Å². The number of unbranched alkanes of at least 4 members (excludes halogenated alkanes) is 37. The van der Waals surface area contributed by atoms with Crippen LogP contribution in [0.4, 0.5) is 0 Å². The Balaban J connectivity index is 4.20. The highest BCUT2D eigenvalue weighted by Gasteiger charge is 2.19. The van der Waals surface area contributed by atoms with Crippen LogP contribution >= 0.6 is 0 Å². The van der Waals surface area contributed by atoms with Gasteiger partial charge in [-0.05, 0) is 64.2 Å². The first-order valence-electron chi connectivity index (χ1n) is 29.5. The zero-order valence-electron chi connectivity index (χ0n) is 44.9. The van der Waals surface area contributed by atoms with Gasteiger partial charge >= 0.3 is 17.9 Å². The van der Waals surface area contributed by atoms with Crippen LogP contribution in [0.2, 0.25) is 0 Å². The highest BCUT2D eigenvalue weighted by Crippen LogP contribution is 2.17. The number of carbonyl (C=O) groups excluding carboxylic acids is 3. The van der Waals surface area contributed by atoms with Gasteiger partial charge in [0.25, 0.3) is 0 Å². The first kappa shape index (κ1) is 64.6. The molecule has 0 spiro atoms. The lowest BCUT2D eigenvalue weighted by molar-refractivity contribution is -0.167. The van der Waals surface area contributed by atoms with Crippen LogP contribution in [-0.2, 0) is 28.6 Å². The van der Waals surface area contributed by atoms with Crippen LogP contribution in [0.15, 0.2) is 36.5 Å². The van der Waals surface area contributed by atoms with E-state index in [1.54, 1.807) is 0 Å². The summed E-state index contributed by atoms with van der Waals surface area (Å²) in [5.41, 5.74) is 0. The van der Waals surface area contributed by atoms with Gasteiger partial charge in [0.2, 0.25) is 0 Å². The molecule has 0 aromatic carbocycles. The lowest BCUT2D eigenvalue weighted by Crippen LogP contribution is -2.30. The van der Waals surface area contributed by atoms with Crippen molar-refractivity contribution in [3.05, 3.63) is 36.5 Å². The minimum Gasteiger partial charge on any atom is -0.462 e. The summed E-state index contributed by atoms with van der Waals surface area (Å²) >= 11 is 0. The van der Waals surface area contributed by atoms with Gasteiger partial charge in [-0.2, -0.15) is 0 Å². The predicted molar refractivity (Wildman–Crippen MR) is 289 cm³/mol. The molecule has 67 heavy (non-hydrogen) atoms. The van der Waals surface area contributed by atoms with Gasteiger partial charge in [0.1, 0.15) is 13.2 Å². The zero-order chi connectivity index (χ0) is 48.6. The predicted octanol–water partition coefficient (Wildman–Crippen LogP) is 19.7. The lowest BCUT2D eigenvalue weighted by atomic mass is 10.0. The maximum absolute atomic E-state index is 12.8. The Morgan fingerprint density at radius 3 is 0.881 bits per heavy atom. The number of esters is 3. The van der Waals surface area contributed by atoms with Crippen molar-refractivity contribution in [3.63, 3.8) is 0 Å². The van der Waals surface area contributed by atoms with Crippen molar-refractivity contribution >= 4 is 17.9 Å². The third-order valence-electron chi connectivity index (χ3n) is 13.1. The van der Waals surface area contributed by atoms with E-state index in [4.69, 9.17) is 14.2 Å². The van der Waals surface area contributed by atoms with Crippen LogP contribution in [0, 0.1) is 0 Å². The van der Waals surface area contributed by atoms with E-state index in [9.17, 15) is 14.4 Å². The summed E-state index contributed by atoms with van der Waals surface area (Å²) in [6.45, 7) is 6.58. The molecule has 0 heterocycles. The van der Waals surface area contributed by atoms with E-state index in [1.807, 2.05) is 0 Å². The third-order valence-corrected chi connectivity index (χ3v) is 13.1. The minimum atomic E-state index is -0.779. The Labute approximate surface area is 416 Å². The average molecular weight is 942 g/mol. The fraction of sp³-hybridized carbons (Fsp3) is 0.852. The summed E-state index contributed by atoms with van der Waals surface area (Å²) in [6, 6.07) is 0. The fourth-order valence-corrected chi connectivity index (χ4v) is 8.62. The molecule has 0 bridgehead atoms. The van der Waals surface area contributed by atoms with Crippen LogP contribution in [-0.4, -0.2) is 37.2 Å². The molecule has 0 aromatic rings. The molecule has 0 aliphatic heterocycles. The quantitative estimate of drug-likeness (QED) is 0.0262. The summed E-state index contributed by atoms with van der Waals surface area (Å²) in [5.74, 6) is -0.886.